The molecule has 164 valence electrons. The highest BCUT2D eigenvalue weighted by Gasteiger charge is 2.29. The molecule has 1 amide bonds. The number of non-ortho nitro benzene ring substituents is 1. The summed E-state index contributed by atoms with van der Waals surface area (Å²) in [5.74, 6) is 0.883. The van der Waals surface area contributed by atoms with Gasteiger partial charge in [0.15, 0.2) is 5.76 Å². The van der Waals surface area contributed by atoms with E-state index in [1.807, 2.05) is 9.80 Å². The lowest BCUT2D eigenvalue weighted by Crippen LogP contribution is -2.52. The first-order valence-corrected chi connectivity index (χ1v) is 9.95. The van der Waals surface area contributed by atoms with E-state index in [0.29, 0.717) is 43.5 Å². The highest BCUT2D eigenvalue weighted by Crippen LogP contribution is 2.29. The van der Waals surface area contributed by atoms with Crippen LogP contribution in [0.2, 0.25) is 0 Å². The number of nitro groups is 1. The number of hydrogen-bond acceptors (Lipinski definition) is 9. The van der Waals surface area contributed by atoms with Crippen molar-refractivity contribution in [3.8, 4) is 17.7 Å². The third kappa shape index (κ3) is 4.30. The zero-order valence-corrected chi connectivity index (χ0v) is 17.2. The lowest BCUT2D eigenvalue weighted by molar-refractivity contribution is -0.384. The summed E-state index contributed by atoms with van der Waals surface area (Å²) in [6.45, 7) is 4.07. The van der Waals surface area contributed by atoms with Crippen molar-refractivity contribution in [2.24, 2.45) is 0 Å². The molecule has 0 spiro atoms. The molecule has 3 heterocycles. The predicted octanol–water partition coefficient (Wildman–Crippen LogP) is 2.86. The molecule has 1 atom stereocenters. The normalized spacial score (nSPS) is 15.2. The van der Waals surface area contributed by atoms with E-state index in [1.165, 1.54) is 30.5 Å². The van der Waals surface area contributed by atoms with Crippen molar-refractivity contribution in [2.45, 2.75) is 13.0 Å². The van der Waals surface area contributed by atoms with Gasteiger partial charge in [0.05, 0.1) is 17.2 Å². The number of rotatable bonds is 6. The van der Waals surface area contributed by atoms with Gasteiger partial charge in [-0.05, 0) is 31.2 Å². The molecule has 1 fully saturated rings. The van der Waals surface area contributed by atoms with E-state index < -0.39 is 11.0 Å². The third-order valence-electron chi connectivity index (χ3n) is 5.32. The number of nitrogens with one attached hydrogen (secondary N) is 1. The maximum Gasteiger partial charge on any atom is 0.269 e. The first-order chi connectivity index (χ1) is 15.5. The second-order valence-electron chi connectivity index (χ2n) is 7.25. The molecule has 2 aromatic heterocycles. The van der Waals surface area contributed by atoms with Crippen LogP contribution >= 0.6 is 0 Å². The molecule has 1 unspecified atom stereocenters. The van der Waals surface area contributed by atoms with E-state index in [-0.39, 0.29) is 23.2 Å². The van der Waals surface area contributed by atoms with Crippen LogP contribution in [0.5, 0.6) is 0 Å². The summed E-state index contributed by atoms with van der Waals surface area (Å²) in [6.07, 6.45) is 1.51. The van der Waals surface area contributed by atoms with E-state index in [0.717, 1.165) is 0 Å². The molecule has 11 nitrogen and oxygen atoms in total. The lowest BCUT2D eigenvalue weighted by atomic mass is 10.2. The molecule has 0 aliphatic carbocycles. The summed E-state index contributed by atoms with van der Waals surface area (Å²) in [4.78, 5) is 31.1. The summed E-state index contributed by atoms with van der Waals surface area (Å²) in [6, 6.07) is 10.8. The van der Waals surface area contributed by atoms with Crippen LogP contribution in [0, 0.1) is 21.4 Å². The van der Waals surface area contributed by atoms with E-state index in [2.05, 4.69) is 16.4 Å². The van der Waals surface area contributed by atoms with Crippen molar-refractivity contribution in [3.05, 3.63) is 58.5 Å². The molecule has 4 rings (SSSR count). The first kappa shape index (κ1) is 21.1. The summed E-state index contributed by atoms with van der Waals surface area (Å²) in [5.41, 5.74) is 0.650. The van der Waals surface area contributed by atoms with Gasteiger partial charge in [0, 0.05) is 44.0 Å². The number of furan rings is 1. The fourth-order valence-electron chi connectivity index (χ4n) is 3.50. The molecule has 32 heavy (non-hydrogen) atoms. The summed E-state index contributed by atoms with van der Waals surface area (Å²) in [7, 11) is 0. The Morgan fingerprint density at radius 2 is 1.97 bits per heavy atom. The molecular formula is C21H20N6O5. The van der Waals surface area contributed by atoms with Crippen molar-refractivity contribution >= 4 is 23.2 Å². The molecule has 1 saturated heterocycles. The molecular weight excluding hydrogens is 416 g/mol. The van der Waals surface area contributed by atoms with Gasteiger partial charge in [-0.2, -0.15) is 10.2 Å². The smallest absolute Gasteiger partial charge is 0.269 e. The number of piperazine rings is 1. The van der Waals surface area contributed by atoms with Crippen molar-refractivity contribution in [3.63, 3.8) is 0 Å². The molecule has 1 aliphatic rings. The van der Waals surface area contributed by atoms with Crippen LogP contribution in [-0.4, -0.2) is 52.9 Å². The standard InChI is InChI=1S/C21H20N6O5/c1-14(19(28)23-15-4-6-16(7-5-15)27(29)30)25-8-10-26(11-9-25)21-17(13-22)24-20(32-21)18-3-2-12-31-18/h2-7,12,14H,8-11H2,1H3,(H,23,28). The minimum atomic E-state index is -0.489. The molecule has 1 aliphatic heterocycles. The highest BCUT2D eigenvalue weighted by molar-refractivity contribution is 5.94. The zero-order valence-electron chi connectivity index (χ0n) is 17.2. The number of carbonyl (C=O) groups excluding carboxylic acids is 1. The van der Waals surface area contributed by atoms with E-state index in [4.69, 9.17) is 8.83 Å². The second-order valence-corrected chi connectivity index (χ2v) is 7.25. The minimum absolute atomic E-state index is 0.0356. The fraction of sp³-hybridized carbons (Fsp3) is 0.286. The third-order valence-corrected chi connectivity index (χ3v) is 5.32. The monoisotopic (exact) mass is 436 g/mol. The molecule has 1 aromatic carbocycles. The van der Waals surface area contributed by atoms with Gasteiger partial charge in [-0.15, -0.1) is 0 Å². The van der Waals surface area contributed by atoms with Crippen molar-refractivity contribution < 1.29 is 18.6 Å². The Morgan fingerprint density at radius 1 is 1.25 bits per heavy atom. The van der Waals surface area contributed by atoms with Gasteiger partial charge in [0.25, 0.3) is 11.6 Å². The number of oxazole rings is 1. The summed E-state index contributed by atoms with van der Waals surface area (Å²) >= 11 is 0. The fourth-order valence-corrected chi connectivity index (χ4v) is 3.50. The van der Waals surface area contributed by atoms with Crippen molar-refractivity contribution in [2.75, 3.05) is 36.4 Å². The second kappa shape index (κ2) is 8.91. The predicted molar refractivity (Wildman–Crippen MR) is 114 cm³/mol. The summed E-state index contributed by atoms with van der Waals surface area (Å²) < 4.78 is 11.1. The average Bonchev–Trinajstić information content (AvgIpc) is 3.49. The Morgan fingerprint density at radius 3 is 2.56 bits per heavy atom. The zero-order chi connectivity index (χ0) is 22.7. The molecule has 3 aromatic rings. The van der Waals surface area contributed by atoms with Gasteiger partial charge in [-0.1, -0.05) is 0 Å². The van der Waals surface area contributed by atoms with E-state index in [1.54, 1.807) is 19.1 Å². The minimum Gasteiger partial charge on any atom is -0.459 e. The summed E-state index contributed by atoms with van der Waals surface area (Å²) in [5, 5.41) is 23.0. The number of carbonyl (C=O) groups is 1. The Bertz CT molecular complexity index is 1140. The van der Waals surface area contributed by atoms with Crippen LogP contribution in [0.15, 0.2) is 51.5 Å². The number of anilines is 2. The quantitative estimate of drug-likeness (QED) is 0.456. The average molecular weight is 436 g/mol. The SMILES string of the molecule is CC(C(=O)Nc1ccc([N+](=O)[O-])cc1)N1CCN(c2oc(-c3ccco3)nc2C#N)CC1. The van der Waals surface area contributed by atoms with Gasteiger partial charge in [0.1, 0.15) is 6.07 Å². The molecule has 1 N–H and O–H groups in total. The molecule has 0 saturated carbocycles. The van der Waals surface area contributed by atoms with E-state index >= 15 is 0 Å². The highest BCUT2D eigenvalue weighted by atomic mass is 16.6. The Hall–Kier alpha value is -4.17. The molecule has 0 radical (unpaired) electrons. The first-order valence-electron chi connectivity index (χ1n) is 9.95. The van der Waals surface area contributed by atoms with Gasteiger partial charge < -0.3 is 19.1 Å². The van der Waals surface area contributed by atoms with Crippen molar-refractivity contribution in [1.29, 1.82) is 5.26 Å². The van der Waals surface area contributed by atoms with Crippen LogP contribution in [0.25, 0.3) is 11.7 Å². The molecule has 11 heteroatoms. The maximum absolute atomic E-state index is 12.6. The van der Waals surface area contributed by atoms with Crippen LogP contribution in [0.3, 0.4) is 0 Å². The number of benzene rings is 1. The number of nitrogens with zero attached hydrogens (tertiary/aromatic N) is 5. The number of nitro benzene ring substituents is 1. The lowest BCUT2D eigenvalue weighted by Gasteiger charge is -2.37. The number of nitriles is 1. The number of hydrogen-bond donors (Lipinski definition) is 1. The topological polar surface area (TPSA) is 142 Å². The van der Waals surface area contributed by atoms with Crippen LogP contribution in [0.1, 0.15) is 12.6 Å². The van der Waals surface area contributed by atoms with Gasteiger partial charge in [-0.3, -0.25) is 19.8 Å². The Labute approximate surface area is 183 Å². The van der Waals surface area contributed by atoms with Gasteiger partial charge >= 0.3 is 0 Å². The van der Waals surface area contributed by atoms with Gasteiger partial charge in [-0.25, -0.2) is 0 Å². The Kier molecular flexibility index (Phi) is 5.87. The van der Waals surface area contributed by atoms with Gasteiger partial charge in [0.2, 0.25) is 17.5 Å². The number of amides is 1. The maximum atomic E-state index is 12.6. The van der Waals surface area contributed by atoms with Crippen molar-refractivity contribution in [1.82, 2.24) is 9.88 Å². The number of aromatic nitrogens is 1. The largest absolute Gasteiger partial charge is 0.459 e. The van der Waals surface area contributed by atoms with Crippen LogP contribution in [-0.2, 0) is 4.79 Å². The van der Waals surface area contributed by atoms with Crippen LogP contribution in [0.4, 0.5) is 17.3 Å². The Balaban J connectivity index is 1.36. The van der Waals surface area contributed by atoms with Crippen LogP contribution < -0.4 is 10.2 Å². The van der Waals surface area contributed by atoms with E-state index in [9.17, 15) is 20.2 Å². The molecule has 0 bridgehead atoms.